The van der Waals surface area contributed by atoms with Gasteiger partial charge >= 0.3 is 0 Å². The molecule has 2 aromatic rings. The summed E-state index contributed by atoms with van der Waals surface area (Å²) in [6, 6.07) is 14.4. The number of aromatic hydroxyl groups is 1. The number of benzene rings is 2. The largest absolute Gasteiger partial charge is 0.508 e. The van der Waals surface area contributed by atoms with Gasteiger partial charge in [-0.05, 0) is 18.2 Å². The van der Waals surface area contributed by atoms with Gasteiger partial charge in [0.2, 0.25) is 0 Å². The van der Waals surface area contributed by atoms with E-state index < -0.39 is 0 Å². The summed E-state index contributed by atoms with van der Waals surface area (Å²) < 4.78 is 0. The third-order valence-electron chi connectivity index (χ3n) is 3.34. The topological polar surface area (TPSA) is 43.8 Å². The van der Waals surface area contributed by atoms with Crippen LogP contribution in [0.25, 0.3) is 5.57 Å². The Labute approximate surface area is 123 Å². The van der Waals surface area contributed by atoms with Gasteiger partial charge < -0.3 is 10.0 Å². The number of hydrogen-bond acceptors (Lipinski definition) is 3. The van der Waals surface area contributed by atoms with Crippen molar-refractivity contribution in [3.05, 3.63) is 60.3 Å². The minimum absolute atomic E-state index is 0.0875. The number of carbonyl (C=O) groups is 1. The molecule has 0 saturated heterocycles. The van der Waals surface area contributed by atoms with Gasteiger partial charge in [-0.3, -0.25) is 9.69 Å². The highest BCUT2D eigenvalue weighted by molar-refractivity contribution is 6.34. The van der Waals surface area contributed by atoms with Crippen molar-refractivity contribution < 1.29 is 9.90 Å². The molecule has 0 radical (unpaired) electrons. The average Bonchev–Trinajstić information content (AvgIpc) is 2.71. The summed E-state index contributed by atoms with van der Waals surface area (Å²) >= 11 is 0. The Balaban J connectivity index is 2.17. The van der Waals surface area contributed by atoms with E-state index in [1.54, 1.807) is 23.1 Å². The molecular formula is C17H16N2O2. The summed E-state index contributed by atoms with van der Waals surface area (Å²) in [7, 11) is 3.78. The van der Waals surface area contributed by atoms with Crippen molar-refractivity contribution in [1.82, 2.24) is 4.90 Å². The fourth-order valence-electron chi connectivity index (χ4n) is 2.51. The molecule has 1 aliphatic heterocycles. The Morgan fingerprint density at radius 2 is 1.86 bits per heavy atom. The van der Waals surface area contributed by atoms with E-state index in [0.29, 0.717) is 11.3 Å². The molecule has 0 spiro atoms. The number of rotatable bonds is 2. The van der Waals surface area contributed by atoms with E-state index in [1.807, 2.05) is 55.5 Å². The van der Waals surface area contributed by atoms with Gasteiger partial charge in [-0.25, -0.2) is 0 Å². The van der Waals surface area contributed by atoms with Crippen molar-refractivity contribution in [2.24, 2.45) is 0 Å². The number of amides is 1. The van der Waals surface area contributed by atoms with E-state index in [-0.39, 0.29) is 11.7 Å². The fraction of sp³-hybridized carbons (Fsp3) is 0.118. The number of hydrogen-bond donors (Lipinski definition) is 1. The van der Waals surface area contributed by atoms with Crippen LogP contribution in [0.4, 0.5) is 11.4 Å². The minimum atomic E-state index is -0.0875. The van der Waals surface area contributed by atoms with Gasteiger partial charge in [0.15, 0.2) is 0 Å². The van der Waals surface area contributed by atoms with Crippen molar-refractivity contribution in [1.29, 1.82) is 0 Å². The molecule has 1 heterocycles. The standard InChI is InChI=1S/C17H16N2O2/c1-18(2)11-15-14-8-3-4-9-16(14)19(17(15)21)12-6-5-7-13(20)10-12/h3-11,20H,1-2H3/b15-11-. The van der Waals surface area contributed by atoms with E-state index >= 15 is 0 Å². The zero-order chi connectivity index (χ0) is 15.0. The minimum Gasteiger partial charge on any atom is -0.508 e. The summed E-state index contributed by atoms with van der Waals surface area (Å²) in [5, 5.41) is 9.66. The Bertz CT molecular complexity index is 735. The quantitative estimate of drug-likeness (QED) is 0.860. The van der Waals surface area contributed by atoms with Crippen molar-refractivity contribution in [3.8, 4) is 5.75 Å². The van der Waals surface area contributed by atoms with E-state index in [4.69, 9.17) is 0 Å². The molecule has 0 unspecified atom stereocenters. The van der Waals surface area contributed by atoms with Gasteiger partial charge in [-0.2, -0.15) is 0 Å². The van der Waals surface area contributed by atoms with Crippen molar-refractivity contribution in [2.45, 2.75) is 0 Å². The van der Waals surface area contributed by atoms with Gasteiger partial charge in [-0.15, -0.1) is 0 Å². The highest BCUT2D eigenvalue weighted by atomic mass is 16.3. The Kier molecular flexibility index (Phi) is 3.14. The molecule has 1 aliphatic rings. The zero-order valence-corrected chi connectivity index (χ0v) is 11.9. The maximum Gasteiger partial charge on any atom is 0.265 e. The van der Waals surface area contributed by atoms with Gasteiger partial charge in [-0.1, -0.05) is 24.3 Å². The molecule has 106 valence electrons. The smallest absolute Gasteiger partial charge is 0.265 e. The third-order valence-corrected chi connectivity index (χ3v) is 3.34. The summed E-state index contributed by atoms with van der Waals surface area (Å²) in [4.78, 5) is 16.2. The molecule has 1 N–H and O–H groups in total. The summed E-state index contributed by atoms with van der Waals surface area (Å²) in [6.45, 7) is 0. The number of fused-ring (bicyclic) bond motifs is 1. The van der Waals surface area contributed by atoms with Crippen LogP contribution in [-0.2, 0) is 4.79 Å². The first-order chi connectivity index (χ1) is 10.1. The monoisotopic (exact) mass is 280 g/mol. The molecule has 3 rings (SSSR count). The average molecular weight is 280 g/mol. The van der Waals surface area contributed by atoms with E-state index in [1.165, 1.54) is 0 Å². The first-order valence-corrected chi connectivity index (χ1v) is 6.69. The molecule has 1 amide bonds. The van der Waals surface area contributed by atoms with Crippen LogP contribution in [0.15, 0.2) is 54.7 Å². The second-order valence-electron chi connectivity index (χ2n) is 5.18. The Hall–Kier alpha value is -2.75. The highest BCUT2D eigenvalue weighted by Gasteiger charge is 2.33. The maximum atomic E-state index is 12.8. The summed E-state index contributed by atoms with van der Waals surface area (Å²) in [6.07, 6.45) is 1.82. The first kappa shape index (κ1) is 13.2. The maximum absolute atomic E-state index is 12.8. The second-order valence-corrected chi connectivity index (χ2v) is 5.18. The molecule has 0 fully saturated rings. The number of para-hydroxylation sites is 1. The molecule has 0 saturated carbocycles. The molecule has 2 aromatic carbocycles. The zero-order valence-electron chi connectivity index (χ0n) is 11.9. The van der Waals surface area contributed by atoms with Crippen LogP contribution in [0.1, 0.15) is 5.56 Å². The van der Waals surface area contributed by atoms with E-state index in [9.17, 15) is 9.90 Å². The number of anilines is 2. The third kappa shape index (κ3) is 2.25. The number of phenolic OH excluding ortho intramolecular Hbond substituents is 1. The van der Waals surface area contributed by atoms with Gasteiger partial charge in [0, 0.05) is 31.9 Å². The summed E-state index contributed by atoms with van der Waals surface area (Å²) in [5.41, 5.74) is 3.05. The molecule has 4 nitrogen and oxygen atoms in total. The molecule has 0 aromatic heterocycles. The molecular weight excluding hydrogens is 264 g/mol. The number of phenols is 1. The predicted octanol–water partition coefficient (Wildman–Crippen LogP) is 2.97. The SMILES string of the molecule is CN(C)/C=C1\C(=O)N(c2cccc(O)c2)c2ccccc21. The van der Waals surface area contributed by atoms with Crippen molar-refractivity contribution in [3.63, 3.8) is 0 Å². The second kappa shape index (κ2) is 4.98. The fourth-order valence-corrected chi connectivity index (χ4v) is 2.51. The number of carbonyl (C=O) groups excluding carboxylic acids is 1. The molecule has 0 aliphatic carbocycles. The van der Waals surface area contributed by atoms with Gasteiger partial charge in [0.1, 0.15) is 5.75 Å². The van der Waals surface area contributed by atoms with Crippen molar-refractivity contribution >= 4 is 22.9 Å². The van der Waals surface area contributed by atoms with E-state index in [0.717, 1.165) is 11.3 Å². The predicted molar refractivity (Wildman–Crippen MR) is 83.4 cm³/mol. The van der Waals surface area contributed by atoms with Crippen molar-refractivity contribution in [2.75, 3.05) is 19.0 Å². The normalized spacial score (nSPS) is 15.4. The Morgan fingerprint density at radius 1 is 1.10 bits per heavy atom. The van der Waals surface area contributed by atoms with Gasteiger partial charge in [0.25, 0.3) is 5.91 Å². The molecule has 0 atom stereocenters. The molecule has 4 heteroatoms. The molecule has 21 heavy (non-hydrogen) atoms. The van der Waals surface area contributed by atoms with E-state index in [2.05, 4.69) is 0 Å². The lowest BCUT2D eigenvalue weighted by Crippen LogP contribution is -2.21. The first-order valence-electron chi connectivity index (χ1n) is 6.69. The highest BCUT2D eigenvalue weighted by Crippen LogP contribution is 2.41. The van der Waals surface area contributed by atoms with Gasteiger partial charge in [0.05, 0.1) is 16.9 Å². The lowest BCUT2D eigenvalue weighted by atomic mass is 10.1. The van der Waals surface area contributed by atoms with Crippen LogP contribution in [0, 0.1) is 0 Å². The van der Waals surface area contributed by atoms with Crippen LogP contribution in [0.3, 0.4) is 0 Å². The summed E-state index contributed by atoms with van der Waals surface area (Å²) in [5.74, 6) is 0.0540. The van der Waals surface area contributed by atoms with Crippen LogP contribution in [-0.4, -0.2) is 30.0 Å². The van der Waals surface area contributed by atoms with Crippen LogP contribution in [0.2, 0.25) is 0 Å². The molecule has 0 bridgehead atoms. The number of nitrogens with zero attached hydrogens (tertiary/aromatic N) is 2. The lowest BCUT2D eigenvalue weighted by Gasteiger charge is -2.17. The van der Waals surface area contributed by atoms with Crippen LogP contribution >= 0.6 is 0 Å². The van der Waals surface area contributed by atoms with Crippen LogP contribution < -0.4 is 4.90 Å². The lowest BCUT2D eigenvalue weighted by molar-refractivity contribution is -0.112. The van der Waals surface area contributed by atoms with Crippen LogP contribution in [0.5, 0.6) is 5.75 Å². The Morgan fingerprint density at radius 3 is 2.57 bits per heavy atom.